The van der Waals surface area contributed by atoms with Gasteiger partial charge in [0, 0.05) is 6.42 Å². The quantitative estimate of drug-likeness (QED) is 0.281. The summed E-state index contributed by atoms with van der Waals surface area (Å²) < 4.78 is 21.5. The zero-order valence-corrected chi connectivity index (χ0v) is 15.5. The van der Waals surface area contributed by atoms with E-state index in [2.05, 4.69) is 0 Å². The van der Waals surface area contributed by atoms with Gasteiger partial charge in [0.15, 0.2) is 6.79 Å². The van der Waals surface area contributed by atoms with Gasteiger partial charge in [0.1, 0.15) is 12.2 Å². The molecule has 2 aliphatic heterocycles. The number of esters is 3. The van der Waals surface area contributed by atoms with Crippen molar-refractivity contribution in [3.05, 3.63) is 0 Å². The zero-order chi connectivity index (χ0) is 18.7. The number of hydrogen-bond donors (Lipinski definition) is 0. The monoisotopic (exact) mass is 368 g/mol. The van der Waals surface area contributed by atoms with Gasteiger partial charge in [-0.25, -0.2) is 0 Å². The Morgan fingerprint density at radius 1 is 1.15 bits per heavy atom. The van der Waals surface area contributed by atoms with Crippen LogP contribution in [0.5, 0.6) is 0 Å². The van der Waals surface area contributed by atoms with Crippen molar-refractivity contribution >= 4 is 17.9 Å². The van der Waals surface area contributed by atoms with Gasteiger partial charge in [-0.3, -0.25) is 14.4 Å². The van der Waals surface area contributed by atoms with Crippen molar-refractivity contribution in [3.8, 4) is 0 Å². The molecule has 0 aromatic rings. The highest BCUT2D eigenvalue weighted by Crippen LogP contribution is 2.48. The molecular weight excluding hydrogens is 340 g/mol. The molecule has 2 saturated carbocycles. The van der Waals surface area contributed by atoms with Crippen LogP contribution in [0.4, 0.5) is 0 Å². The number of fused-ring (bicyclic) bond motifs is 1. The van der Waals surface area contributed by atoms with Crippen LogP contribution in [-0.2, 0) is 33.3 Å². The maximum Gasteiger partial charge on any atom is 0.309 e. The van der Waals surface area contributed by atoms with Crippen molar-refractivity contribution in [3.63, 3.8) is 0 Å². The van der Waals surface area contributed by atoms with Crippen LogP contribution in [0.3, 0.4) is 0 Å². The third kappa shape index (κ3) is 4.55. The van der Waals surface area contributed by atoms with Crippen LogP contribution in [0, 0.1) is 23.7 Å². The fourth-order valence-corrected chi connectivity index (χ4v) is 4.31. The summed E-state index contributed by atoms with van der Waals surface area (Å²) in [6.45, 7) is 3.60. The molecule has 5 unspecified atom stereocenters. The normalized spacial score (nSPS) is 32.3. The topological polar surface area (TPSA) is 88.1 Å². The lowest BCUT2D eigenvalue weighted by molar-refractivity contribution is -0.185. The number of rotatable bonds is 8. The highest BCUT2D eigenvalue weighted by atomic mass is 16.7. The van der Waals surface area contributed by atoms with Gasteiger partial charge in [-0.2, -0.15) is 0 Å². The van der Waals surface area contributed by atoms with Gasteiger partial charge in [0.25, 0.3) is 0 Å². The maximum atomic E-state index is 12.0. The molecule has 2 aliphatic carbocycles. The maximum absolute atomic E-state index is 12.0. The second kappa shape index (κ2) is 8.37. The summed E-state index contributed by atoms with van der Waals surface area (Å²) in [4.78, 5) is 35.1. The molecule has 2 saturated heterocycles. The van der Waals surface area contributed by atoms with Gasteiger partial charge >= 0.3 is 17.9 Å². The first-order chi connectivity index (χ1) is 12.4. The molecule has 0 N–H and O–H groups in total. The molecule has 146 valence electrons. The van der Waals surface area contributed by atoms with Crippen molar-refractivity contribution in [1.29, 1.82) is 0 Å². The van der Waals surface area contributed by atoms with Crippen LogP contribution < -0.4 is 0 Å². The first-order valence-electron chi connectivity index (χ1n) is 9.58. The molecule has 0 aromatic heterocycles. The molecule has 0 spiro atoms. The molecule has 2 heterocycles. The lowest BCUT2D eigenvalue weighted by Gasteiger charge is -2.41. The van der Waals surface area contributed by atoms with Gasteiger partial charge in [-0.05, 0) is 43.9 Å². The molecule has 7 heteroatoms. The van der Waals surface area contributed by atoms with Gasteiger partial charge in [-0.1, -0.05) is 13.8 Å². The summed E-state index contributed by atoms with van der Waals surface area (Å²) >= 11 is 0. The Morgan fingerprint density at radius 2 is 1.96 bits per heavy atom. The zero-order valence-electron chi connectivity index (χ0n) is 15.5. The van der Waals surface area contributed by atoms with Gasteiger partial charge in [0.2, 0.25) is 0 Å². The lowest BCUT2D eigenvalue weighted by atomic mass is 9.67. The minimum Gasteiger partial charge on any atom is -0.465 e. The van der Waals surface area contributed by atoms with Crippen molar-refractivity contribution in [1.82, 2.24) is 0 Å². The Bertz CT molecular complexity index is 544. The predicted octanol–water partition coefficient (Wildman–Crippen LogP) is 2.21. The summed E-state index contributed by atoms with van der Waals surface area (Å²) in [5, 5.41) is 0. The predicted molar refractivity (Wildman–Crippen MR) is 89.7 cm³/mol. The molecule has 7 nitrogen and oxygen atoms in total. The average molecular weight is 368 g/mol. The minimum atomic E-state index is -0.385. The smallest absolute Gasteiger partial charge is 0.309 e. The standard InChI is InChI=1S/C19H28O7/c1-11(2)18(21)23-5-3-4-16(20)24-10-25-17-13-6-12-7-14(9-13)19(22)26-15(17)8-12/h11-15,17H,3-10H2,1-2H3. The van der Waals surface area contributed by atoms with Crippen LogP contribution in [0.15, 0.2) is 0 Å². The van der Waals surface area contributed by atoms with Crippen LogP contribution in [0.2, 0.25) is 0 Å². The van der Waals surface area contributed by atoms with Gasteiger partial charge in [-0.15, -0.1) is 0 Å². The molecular formula is C19H28O7. The highest BCUT2D eigenvalue weighted by molar-refractivity contribution is 5.73. The fourth-order valence-electron chi connectivity index (χ4n) is 4.31. The Morgan fingerprint density at radius 3 is 2.73 bits per heavy atom. The summed E-state index contributed by atoms with van der Waals surface area (Å²) in [5.74, 6) is -0.0631. The number of hydrogen-bond acceptors (Lipinski definition) is 7. The van der Waals surface area contributed by atoms with Crippen LogP contribution in [0.25, 0.3) is 0 Å². The molecule has 0 aromatic carbocycles. The van der Waals surface area contributed by atoms with Gasteiger partial charge in [0.05, 0.1) is 18.4 Å². The Hall–Kier alpha value is -1.63. The van der Waals surface area contributed by atoms with E-state index in [4.69, 9.17) is 18.9 Å². The molecule has 5 atom stereocenters. The van der Waals surface area contributed by atoms with E-state index in [9.17, 15) is 14.4 Å². The summed E-state index contributed by atoms with van der Waals surface area (Å²) in [7, 11) is 0. The second-order valence-electron chi connectivity index (χ2n) is 7.93. The minimum absolute atomic E-state index is 0.00782. The largest absolute Gasteiger partial charge is 0.465 e. The fraction of sp³-hybridized carbons (Fsp3) is 0.842. The molecule has 0 radical (unpaired) electrons. The van der Waals surface area contributed by atoms with Crippen molar-refractivity contribution in [2.24, 2.45) is 23.7 Å². The second-order valence-corrected chi connectivity index (χ2v) is 7.93. The highest BCUT2D eigenvalue weighted by Gasteiger charge is 2.50. The van der Waals surface area contributed by atoms with E-state index in [1.165, 1.54) is 0 Å². The first-order valence-corrected chi connectivity index (χ1v) is 9.58. The van der Waals surface area contributed by atoms with E-state index in [0.717, 1.165) is 25.7 Å². The lowest BCUT2D eigenvalue weighted by Crippen LogP contribution is -2.44. The number of ether oxygens (including phenoxy) is 4. The average Bonchev–Trinajstić information content (AvgIpc) is 2.75. The van der Waals surface area contributed by atoms with Crippen LogP contribution >= 0.6 is 0 Å². The third-order valence-corrected chi connectivity index (χ3v) is 5.56. The molecule has 4 fully saturated rings. The number of carbonyl (C=O) groups is 3. The van der Waals surface area contributed by atoms with E-state index >= 15 is 0 Å². The Balaban J connectivity index is 1.35. The van der Waals surface area contributed by atoms with Gasteiger partial charge < -0.3 is 18.9 Å². The van der Waals surface area contributed by atoms with E-state index < -0.39 is 0 Å². The molecule has 4 bridgehead atoms. The third-order valence-electron chi connectivity index (χ3n) is 5.56. The van der Waals surface area contributed by atoms with Crippen molar-refractivity contribution < 1.29 is 33.3 Å². The van der Waals surface area contributed by atoms with Crippen LogP contribution in [0.1, 0.15) is 52.4 Å². The van der Waals surface area contributed by atoms with Crippen molar-refractivity contribution in [2.75, 3.05) is 13.4 Å². The van der Waals surface area contributed by atoms with E-state index in [-0.39, 0.29) is 61.8 Å². The summed E-state index contributed by atoms with van der Waals surface area (Å²) in [6.07, 6.45) is 3.86. The Kier molecular flexibility index (Phi) is 6.16. The van der Waals surface area contributed by atoms with Crippen molar-refractivity contribution in [2.45, 2.75) is 64.6 Å². The SMILES string of the molecule is CC(C)C(=O)OCCCC(=O)OCOC1C2CC3CC(C2)C(=O)OC1C3. The first kappa shape index (κ1) is 19.1. The van der Waals surface area contributed by atoms with Crippen LogP contribution in [-0.4, -0.2) is 43.5 Å². The van der Waals surface area contributed by atoms with E-state index in [0.29, 0.717) is 18.3 Å². The van der Waals surface area contributed by atoms with E-state index in [1.807, 2.05) is 0 Å². The molecule has 4 rings (SSSR count). The van der Waals surface area contributed by atoms with E-state index in [1.54, 1.807) is 13.8 Å². The molecule has 26 heavy (non-hydrogen) atoms. The summed E-state index contributed by atoms with van der Waals surface area (Å²) in [5.41, 5.74) is 0. The number of carbonyl (C=O) groups excluding carboxylic acids is 3. The Labute approximate surface area is 153 Å². The molecule has 4 aliphatic rings. The summed E-state index contributed by atoms with van der Waals surface area (Å²) in [6, 6.07) is 0. The molecule has 0 amide bonds.